The van der Waals surface area contributed by atoms with Crippen molar-refractivity contribution in [1.29, 1.82) is 0 Å². The molecule has 3 unspecified atom stereocenters. The van der Waals surface area contributed by atoms with Gasteiger partial charge in [0.1, 0.15) is 11.9 Å². The number of carbonyl (C=O) groups is 1. The first-order chi connectivity index (χ1) is 14.0. The minimum atomic E-state index is -0.546. The molecule has 0 radical (unpaired) electrons. The van der Waals surface area contributed by atoms with Crippen LogP contribution >= 0.6 is 0 Å². The van der Waals surface area contributed by atoms with Crippen LogP contribution in [0.2, 0.25) is 0 Å². The maximum atomic E-state index is 12.6. The van der Waals surface area contributed by atoms with Crippen molar-refractivity contribution in [1.82, 2.24) is 5.32 Å². The molecule has 5 nitrogen and oxygen atoms in total. The number of para-hydroxylation sites is 1. The fourth-order valence-electron chi connectivity index (χ4n) is 5.69. The van der Waals surface area contributed by atoms with Crippen LogP contribution in [0.4, 0.5) is 0 Å². The summed E-state index contributed by atoms with van der Waals surface area (Å²) in [5.41, 5.74) is 2.18. The highest BCUT2D eigenvalue weighted by molar-refractivity contribution is 5.76. The number of methoxy groups -OCH3 is 1. The number of carbonyl (C=O) groups excluding carboxylic acids is 1. The lowest BCUT2D eigenvalue weighted by atomic mass is 9.55. The molecule has 2 aliphatic carbocycles. The van der Waals surface area contributed by atoms with Crippen molar-refractivity contribution in [2.45, 2.75) is 51.7 Å². The average molecular weight is 400 g/mol. The van der Waals surface area contributed by atoms with Crippen LogP contribution in [0.3, 0.4) is 0 Å². The highest BCUT2D eigenvalue weighted by atomic mass is 16.6. The molecular weight excluding hydrogens is 366 g/mol. The molecule has 2 fully saturated rings. The summed E-state index contributed by atoms with van der Waals surface area (Å²) in [5.74, 6) is 0.702. The van der Waals surface area contributed by atoms with Crippen molar-refractivity contribution in [2.75, 3.05) is 20.2 Å². The van der Waals surface area contributed by atoms with E-state index >= 15 is 0 Å². The summed E-state index contributed by atoms with van der Waals surface area (Å²) in [4.78, 5) is 12.6. The highest BCUT2D eigenvalue weighted by Gasteiger charge is 2.59. The lowest BCUT2D eigenvalue weighted by Gasteiger charge is -2.51. The molecule has 1 saturated heterocycles. The van der Waals surface area contributed by atoms with Gasteiger partial charge in [-0.1, -0.05) is 43.7 Å². The van der Waals surface area contributed by atoms with E-state index in [4.69, 9.17) is 9.47 Å². The second kappa shape index (κ2) is 8.11. The number of nitrogens with one attached hydrogen (secondary N) is 1. The van der Waals surface area contributed by atoms with Gasteiger partial charge in [-0.3, -0.25) is 4.79 Å². The quantitative estimate of drug-likeness (QED) is 0.437. The Morgan fingerprint density at radius 1 is 1.34 bits per heavy atom. The molecule has 1 aromatic carbocycles. The maximum Gasteiger partial charge on any atom is 0.311 e. The van der Waals surface area contributed by atoms with E-state index in [0.717, 1.165) is 43.5 Å². The average Bonchev–Trinajstić information content (AvgIpc) is 3.03. The van der Waals surface area contributed by atoms with Gasteiger partial charge < -0.3 is 19.9 Å². The second-order valence-electron chi connectivity index (χ2n) is 9.06. The van der Waals surface area contributed by atoms with E-state index < -0.39 is 6.10 Å². The molecule has 4 rings (SSSR count). The standard InChI is InChI=1S/C24H33NO4/c1-15-7-6-9-17-13-20-21(22(26)24(15,17)2)18(23(27)29-20)14-25-12-11-16-8-4-5-10-19(16)28-3/h4-5,8-10,15,18,20-22,25-26H,6-7,11-14H2,1-3H3/t15?,18?,20-,21-,22?,24-/m1/s1. The largest absolute Gasteiger partial charge is 0.496 e. The zero-order chi connectivity index (χ0) is 20.6. The van der Waals surface area contributed by atoms with Crippen LogP contribution in [-0.4, -0.2) is 43.5 Å². The monoisotopic (exact) mass is 399 g/mol. The van der Waals surface area contributed by atoms with E-state index in [0.29, 0.717) is 12.5 Å². The van der Waals surface area contributed by atoms with Crippen molar-refractivity contribution >= 4 is 5.97 Å². The minimum absolute atomic E-state index is 0.135. The number of rotatable bonds is 6. The molecule has 1 heterocycles. The fourth-order valence-corrected chi connectivity index (χ4v) is 5.69. The van der Waals surface area contributed by atoms with Crippen molar-refractivity contribution in [2.24, 2.45) is 23.2 Å². The van der Waals surface area contributed by atoms with Crippen molar-refractivity contribution in [3.8, 4) is 5.75 Å². The summed E-state index contributed by atoms with van der Waals surface area (Å²) in [7, 11) is 1.68. The number of ether oxygens (including phenoxy) is 2. The lowest BCUT2D eigenvalue weighted by Crippen LogP contribution is -2.54. The molecule has 0 spiro atoms. The van der Waals surface area contributed by atoms with Crippen LogP contribution < -0.4 is 10.1 Å². The third-order valence-corrected chi connectivity index (χ3v) is 7.70. The van der Waals surface area contributed by atoms with Gasteiger partial charge in [0.25, 0.3) is 0 Å². The molecule has 3 aliphatic rings. The van der Waals surface area contributed by atoms with Gasteiger partial charge >= 0.3 is 5.97 Å². The van der Waals surface area contributed by atoms with Gasteiger partial charge in [0.2, 0.25) is 0 Å². The number of aliphatic hydroxyl groups excluding tert-OH is 1. The summed E-state index contributed by atoms with van der Waals surface area (Å²) in [5, 5.41) is 14.8. The number of fused-ring (bicyclic) bond motifs is 2. The molecule has 29 heavy (non-hydrogen) atoms. The summed E-state index contributed by atoms with van der Waals surface area (Å²) in [6, 6.07) is 7.99. The molecule has 6 atom stereocenters. The molecule has 0 bridgehead atoms. The summed E-state index contributed by atoms with van der Waals surface area (Å²) in [6.45, 7) is 5.69. The zero-order valence-electron chi connectivity index (χ0n) is 17.7. The van der Waals surface area contributed by atoms with Crippen LogP contribution in [0.25, 0.3) is 0 Å². The van der Waals surface area contributed by atoms with Crippen molar-refractivity contribution < 1.29 is 19.4 Å². The maximum absolute atomic E-state index is 12.6. The summed E-state index contributed by atoms with van der Waals surface area (Å²) >= 11 is 0. The molecule has 2 N–H and O–H groups in total. The smallest absolute Gasteiger partial charge is 0.311 e. The van der Waals surface area contributed by atoms with Crippen molar-refractivity contribution in [3.63, 3.8) is 0 Å². The predicted molar refractivity (Wildman–Crippen MR) is 112 cm³/mol. The number of allylic oxidation sites excluding steroid dienone is 1. The van der Waals surface area contributed by atoms with E-state index in [1.165, 1.54) is 5.57 Å². The van der Waals surface area contributed by atoms with Crippen molar-refractivity contribution in [3.05, 3.63) is 41.5 Å². The van der Waals surface area contributed by atoms with E-state index in [9.17, 15) is 9.90 Å². The Balaban J connectivity index is 1.41. The van der Waals surface area contributed by atoms with Crippen LogP contribution in [0.1, 0.15) is 38.7 Å². The molecule has 0 amide bonds. The van der Waals surface area contributed by atoms with Gasteiger partial charge in [0.15, 0.2) is 0 Å². The Morgan fingerprint density at radius 3 is 2.93 bits per heavy atom. The Hall–Kier alpha value is -1.85. The number of benzene rings is 1. The number of hydrogen-bond donors (Lipinski definition) is 2. The second-order valence-corrected chi connectivity index (χ2v) is 9.06. The molecule has 158 valence electrons. The number of aliphatic hydroxyl groups is 1. The Kier molecular flexibility index (Phi) is 5.71. The first-order valence-corrected chi connectivity index (χ1v) is 10.9. The lowest BCUT2D eigenvalue weighted by molar-refractivity contribution is -0.144. The van der Waals surface area contributed by atoms with Gasteiger partial charge in [-0.15, -0.1) is 0 Å². The van der Waals surface area contributed by atoms with E-state index in [1.807, 2.05) is 18.2 Å². The first-order valence-electron chi connectivity index (χ1n) is 10.9. The number of esters is 1. The predicted octanol–water partition coefficient (Wildman–Crippen LogP) is 3.11. The first kappa shape index (κ1) is 20.4. The molecular formula is C24H33NO4. The molecule has 1 saturated carbocycles. The normalized spacial score (nSPS) is 36.1. The molecule has 0 aromatic heterocycles. The van der Waals surface area contributed by atoms with Gasteiger partial charge in [-0.05, 0) is 43.4 Å². The number of hydrogen-bond acceptors (Lipinski definition) is 5. The van der Waals surface area contributed by atoms with Gasteiger partial charge in [0.05, 0.1) is 19.1 Å². The third kappa shape index (κ3) is 3.49. The van der Waals surface area contributed by atoms with Crippen LogP contribution in [0.15, 0.2) is 35.9 Å². The van der Waals surface area contributed by atoms with Crippen LogP contribution in [-0.2, 0) is 16.0 Å². The third-order valence-electron chi connectivity index (χ3n) is 7.70. The Morgan fingerprint density at radius 2 is 2.14 bits per heavy atom. The Labute approximate surface area is 173 Å². The highest BCUT2D eigenvalue weighted by Crippen LogP contribution is 2.55. The summed E-state index contributed by atoms with van der Waals surface area (Å²) < 4.78 is 11.1. The van der Waals surface area contributed by atoms with E-state index in [2.05, 4.69) is 31.3 Å². The molecule has 5 heteroatoms. The van der Waals surface area contributed by atoms with Gasteiger partial charge in [-0.2, -0.15) is 0 Å². The molecule has 1 aromatic rings. The topological polar surface area (TPSA) is 67.8 Å². The molecule has 1 aliphatic heterocycles. The SMILES string of the molecule is COc1ccccc1CCNCC1C(=O)O[C@@H]2CC3=CCCC(C)[C@@]3(C)C(O)[C@H]12. The minimum Gasteiger partial charge on any atom is -0.496 e. The van der Waals surface area contributed by atoms with E-state index in [1.54, 1.807) is 7.11 Å². The van der Waals surface area contributed by atoms with Gasteiger partial charge in [-0.25, -0.2) is 0 Å². The van der Waals surface area contributed by atoms with Gasteiger partial charge in [0, 0.05) is 24.3 Å². The van der Waals surface area contributed by atoms with Crippen LogP contribution in [0.5, 0.6) is 5.75 Å². The van der Waals surface area contributed by atoms with Crippen LogP contribution in [0, 0.1) is 23.2 Å². The zero-order valence-corrected chi connectivity index (χ0v) is 17.7. The summed E-state index contributed by atoms with van der Waals surface area (Å²) in [6.07, 6.45) is 5.27. The Bertz CT molecular complexity index is 791. The fraction of sp³-hybridized carbons (Fsp3) is 0.625. The van der Waals surface area contributed by atoms with E-state index in [-0.39, 0.29) is 29.3 Å².